The molecule has 0 aliphatic heterocycles. The predicted molar refractivity (Wildman–Crippen MR) is 126 cm³/mol. The summed E-state index contributed by atoms with van der Waals surface area (Å²) in [5.74, 6) is -0.671. The number of benzene rings is 4. The Labute approximate surface area is 195 Å². The lowest BCUT2D eigenvalue weighted by Gasteiger charge is -2.15. The second-order valence-corrected chi connectivity index (χ2v) is 7.84. The summed E-state index contributed by atoms with van der Waals surface area (Å²) in [5, 5.41) is 19.7. The second-order valence-electron chi connectivity index (χ2n) is 7.84. The number of aryl methyl sites for hydroxylation is 2. The normalized spacial score (nSPS) is 10.8. The Bertz CT molecular complexity index is 1390. The molecule has 2 N–H and O–H groups in total. The lowest BCUT2D eigenvalue weighted by molar-refractivity contribution is -0.253. The van der Waals surface area contributed by atoms with E-state index < -0.39 is 11.9 Å². The van der Waals surface area contributed by atoms with E-state index >= 15 is 0 Å². The fraction of sp³-hybridized carbons (Fsp3) is 0.111. The van der Waals surface area contributed by atoms with E-state index in [1.54, 1.807) is 43.3 Å². The maximum atomic E-state index is 12.9. The summed E-state index contributed by atoms with van der Waals surface area (Å²) < 4.78 is 11.7. The maximum absolute atomic E-state index is 12.9. The number of rotatable bonds is 7. The van der Waals surface area contributed by atoms with Crippen molar-refractivity contribution >= 4 is 22.7 Å². The first-order valence-corrected chi connectivity index (χ1v) is 10.5. The third-order valence-corrected chi connectivity index (χ3v) is 5.33. The summed E-state index contributed by atoms with van der Waals surface area (Å²) >= 11 is 0. The smallest absolute Gasteiger partial charge is 0.344 e. The lowest BCUT2D eigenvalue weighted by Crippen LogP contribution is -2.14. The quantitative estimate of drug-likeness (QED) is 0.148. The van der Waals surface area contributed by atoms with Crippen molar-refractivity contribution in [1.82, 2.24) is 0 Å². The SMILES string of the molecule is Cc1ccc(Oc2ccc(OC(=O)c3ccc(C)cc3C(=O)O)c3ccccc23)c(COO)c1. The standard InChI is InChI=1S/C27H22O7/c1-16-8-10-23(18(13-16)15-32-31)33-24-11-12-25(20-6-4-3-5-19(20)24)34-27(30)21-9-7-17(2)14-22(21)26(28)29/h3-14,31H,15H2,1-2H3,(H,28,29). The zero-order valence-electron chi connectivity index (χ0n) is 18.6. The van der Waals surface area contributed by atoms with Gasteiger partial charge in [0.15, 0.2) is 0 Å². The van der Waals surface area contributed by atoms with Crippen molar-refractivity contribution in [3.63, 3.8) is 0 Å². The van der Waals surface area contributed by atoms with Crippen LogP contribution in [0.15, 0.2) is 72.8 Å². The van der Waals surface area contributed by atoms with Crippen LogP contribution in [0.4, 0.5) is 0 Å². The summed E-state index contributed by atoms with van der Waals surface area (Å²) in [5.41, 5.74) is 2.23. The monoisotopic (exact) mass is 458 g/mol. The fourth-order valence-electron chi connectivity index (χ4n) is 3.70. The zero-order valence-corrected chi connectivity index (χ0v) is 18.6. The van der Waals surface area contributed by atoms with Gasteiger partial charge >= 0.3 is 11.9 Å². The summed E-state index contributed by atoms with van der Waals surface area (Å²) in [7, 11) is 0. The number of fused-ring (bicyclic) bond motifs is 1. The average molecular weight is 458 g/mol. The molecule has 0 aliphatic carbocycles. The van der Waals surface area contributed by atoms with Crippen LogP contribution in [-0.2, 0) is 11.5 Å². The Kier molecular flexibility index (Phi) is 6.58. The summed E-state index contributed by atoms with van der Waals surface area (Å²) in [6.45, 7) is 3.64. The van der Waals surface area contributed by atoms with Crippen molar-refractivity contribution in [2.75, 3.05) is 0 Å². The molecule has 0 spiro atoms. The van der Waals surface area contributed by atoms with Gasteiger partial charge in [0, 0.05) is 16.3 Å². The summed E-state index contributed by atoms with van der Waals surface area (Å²) in [6, 6.07) is 20.6. The number of esters is 1. The van der Waals surface area contributed by atoms with Crippen molar-refractivity contribution in [3.8, 4) is 17.2 Å². The topological polar surface area (TPSA) is 102 Å². The van der Waals surface area contributed by atoms with Crippen LogP contribution >= 0.6 is 0 Å². The van der Waals surface area contributed by atoms with E-state index in [0.717, 1.165) is 11.1 Å². The van der Waals surface area contributed by atoms with Crippen molar-refractivity contribution in [1.29, 1.82) is 0 Å². The van der Waals surface area contributed by atoms with Crippen LogP contribution in [0.5, 0.6) is 17.2 Å². The largest absolute Gasteiger partial charge is 0.478 e. The molecule has 0 fully saturated rings. The van der Waals surface area contributed by atoms with Crippen LogP contribution < -0.4 is 9.47 Å². The van der Waals surface area contributed by atoms with Gasteiger partial charge in [0.25, 0.3) is 0 Å². The highest BCUT2D eigenvalue weighted by atomic mass is 17.1. The average Bonchev–Trinajstić information content (AvgIpc) is 2.82. The number of hydrogen-bond donors (Lipinski definition) is 2. The minimum Gasteiger partial charge on any atom is -0.478 e. The number of carboxylic acids is 1. The molecule has 0 radical (unpaired) electrons. The molecule has 0 saturated heterocycles. The van der Waals surface area contributed by atoms with Crippen LogP contribution in [0.2, 0.25) is 0 Å². The van der Waals surface area contributed by atoms with Gasteiger partial charge in [0.2, 0.25) is 0 Å². The number of carbonyl (C=O) groups is 2. The molecule has 0 atom stereocenters. The van der Waals surface area contributed by atoms with Gasteiger partial charge in [-0.2, -0.15) is 0 Å². The molecule has 0 heterocycles. The predicted octanol–water partition coefficient (Wildman–Crippen LogP) is 6.16. The highest BCUT2D eigenvalue weighted by Gasteiger charge is 2.20. The molecule has 0 bridgehead atoms. The first-order chi connectivity index (χ1) is 16.4. The molecule has 7 nitrogen and oxygen atoms in total. The van der Waals surface area contributed by atoms with E-state index in [2.05, 4.69) is 4.89 Å². The third kappa shape index (κ3) is 4.76. The van der Waals surface area contributed by atoms with Gasteiger partial charge < -0.3 is 14.6 Å². The Balaban J connectivity index is 1.70. The number of ether oxygens (including phenoxy) is 2. The van der Waals surface area contributed by atoms with E-state index in [4.69, 9.17) is 14.7 Å². The molecule has 4 aromatic carbocycles. The van der Waals surface area contributed by atoms with Gasteiger partial charge in [0.1, 0.15) is 23.9 Å². The molecule has 0 aromatic heterocycles. The fourth-order valence-corrected chi connectivity index (χ4v) is 3.70. The van der Waals surface area contributed by atoms with Gasteiger partial charge in [0.05, 0.1) is 11.1 Å². The highest BCUT2D eigenvalue weighted by Crippen LogP contribution is 2.37. The number of carbonyl (C=O) groups excluding carboxylic acids is 1. The second kappa shape index (κ2) is 9.74. The minimum absolute atomic E-state index is 0.0317. The lowest BCUT2D eigenvalue weighted by atomic mass is 10.0. The highest BCUT2D eigenvalue weighted by molar-refractivity contribution is 6.04. The molecular formula is C27H22O7. The molecule has 7 heteroatoms. The maximum Gasteiger partial charge on any atom is 0.344 e. The van der Waals surface area contributed by atoms with Crippen molar-refractivity contribution < 1.29 is 34.3 Å². The minimum atomic E-state index is -1.20. The molecule has 0 saturated carbocycles. The first-order valence-electron chi connectivity index (χ1n) is 10.5. The van der Waals surface area contributed by atoms with Crippen LogP contribution in [0, 0.1) is 13.8 Å². The Morgan fingerprint density at radius 3 is 2.09 bits per heavy atom. The van der Waals surface area contributed by atoms with Gasteiger partial charge in [-0.1, -0.05) is 47.5 Å². The Hall–Kier alpha value is -4.20. The number of carboxylic acid groups (broad SMARTS) is 1. The van der Waals surface area contributed by atoms with Crippen molar-refractivity contribution in [2.45, 2.75) is 20.5 Å². The van der Waals surface area contributed by atoms with Crippen LogP contribution in [-0.4, -0.2) is 22.3 Å². The Morgan fingerprint density at radius 1 is 0.765 bits per heavy atom. The van der Waals surface area contributed by atoms with E-state index in [1.807, 2.05) is 31.2 Å². The molecule has 34 heavy (non-hydrogen) atoms. The molecule has 172 valence electrons. The van der Waals surface area contributed by atoms with Gasteiger partial charge in [-0.05, 0) is 50.2 Å². The van der Waals surface area contributed by atoms with Crippen molar-refractivity contribution in [2.24, 2.45) is 0 Å². The van der Waals surface area contributed by atoms with Crippen molar-refractivity contribution in [3.05, 3.63) is 101 Å². The van der Waals surface area contributed by atoms with Gasteiger partial charge in [-0.25, -0.2) is 14.5 Å². The molecule has 0 amide bonds. The molecule has 4 aromatic rings. The Morgan fingerprint density at radius 2 is 1.38 bits per heavy atom. The van der Waals surface area contributed by atoms with E-state index in [1.165, 1.54) is 12.1 Å². The van der Waals surface area contributed by atoms with Gasteiger partial charge in [-0.15, -0.1) is 0 Å². The molecule has 0 aliphatic rings. The number of aromatic carboxylic acids is 1. The van der Waals surface area contributed by atoms with E-state index in [-0.39, 0.29) is 23.5 Å². The number of hydrogen-bond acceptors (Lipinski definition) is 6. The zero-order chi connectivity index (χ0) is 24.2. The molecular weight excluding hydrogens is 436 g/mol. The van der Waals surface area contributed by atoms with E-state index in [0.29, 0.717) is 27.8 Å². The summed E-state index contributed by atoms with van der Waals surface area (Å²) in [4.78, 5) is 28.8. The molecule has 4 rings (SSSR count). The van der Waals surface area contributed by atoms with E-state index in [9.17, 15) is 14.7 Å². The van der Waals surface area contributed by atoms with Crippen LogP contribution in [0.1, 0.15) is 37.4 Å². The van der Waals surface area contributed by atoms with Crippen LogP contribution in [0.3, 0.4) is 0 Å². The van der Waals surface area contributed by atoms with Crippen LogP contribution in [0.25, 0.3) is 10.8 Å². The first kappa shape index (κ1) is 23.0. The molecule has 0 unspecified atom stereocenters. The van der Waals surface area contributed by atoms with Gasteiger partial charge in [-0.3, -0.25) is 5.26 Å². The third-order valence-electron chi connectivity index (χ3n) is 5.33. The summed E-state index contributed by atoms with van der Waals surface area (Å²) in [6.07, 6.45) is 0.